The molecule has 1 aliphatic heterocycles. The number of likely N-dealkylation sites (N-methyl/N-ethyl adjacent to an activating group) is 1. The van der Waals surface area contributed by atoms with Crippen LogP contribution in [0.3, 0.4) is 0 Å². The molecule has 2 aromatic rings. The summed E-state index contributed by atoms with van der Waals surface area (Å²) in [6.45, 7) is 3.44. The average molecular weight is 348 g/mol. The summed E-state index contributed by atoms with van der Waals surface area (Å²) in [6, 6.07) is 10.2. The van der Waals surface area contributed by atoms with Gasteiger partial charge in [-0.1, -0.05) is 18.2 Å². The van der Waals surface area contributed by atoms with Crippen LogP contribution in [-0.4, -0.2) is 28.9 Å². The first-order valence-corrected chi connectivity index (χ1v) is 9.43. The van der Waals surface area contributed by atoms with Crippen LogP contribution in [0, 0.1) is 0 Å². The minimum atomic E-state index is -0.131. The van der Waals surface area contributed by atoms with Gasteiger partial charge in [-0.25, -0.2) is 0 Å². The van der Waals surface area contributed by atoms with Gasteiger partial charge in [-0.15, -0.1) is 0 Å². The van der Waals surface area contributed by atoms with Crippen molar-refractivity contribution < 1.29 is 9.53 Å². The first-order chi connectivity index (χ1) is 12.8. The van der Waals surface area contributed by atoms with E-state index in [4.69, 9.17) is 4.74 Å². The molecule has 0 saturated carbocycles. The van der Waals surface area contributed by atoms with Crippen LogP contribution in [0.15, 0.2) is 54.4 Å². The summed E-state index contributed by atoms with van der Waals surface area (Å²) in [5.74, 6) is 1.11. The molecule has 4 nitrogen and oxygen atoms in total. The number of hydrogen-bond acceptors (Lipinski definition) is 3. The Bertz CT molecular complexity index is 829. The number of pyridine rings is 1. The molecule has 0 N–H and O–H groups in total. The maximum absolute atomic E-state index is 13.2. The Morgan fingerprint density at radius 3 is 2.92 bits per heavy atom. The van der Waals surface area contributed by atoms with Crippen molar-refractivity contribution in [2.45, 2.75) is 38.6 Å². The second kappa shape index (κ2) is 7.32. The minimum absolute atomic E-state index is 0.131. The lowest BCUT2D eigenvalue weighted by Gasteiger charge is -2.32. The molecular formula is C22H24N2O2. The highest BCUT2D eigenvalue weighted by Crippen LogP contribution is 2.35. The van der Waals surface area contributed by atoms with E-state index in [0.29, 0.717) is 6.54 Å². The van der Waals surface area contributed by atoms with Gasteiger partial charge in [-0.2, -0.15) is 0 Å². The quantitative estimate of drug-likeness (QED) is 0.818. The van der Waals surface area contributed by atoms with E-state index in [1.807, 2.05) is 30.2 Å². The molecule has 0 bridgehead atoms. The van der Waals surface area contributed by atoms with Crippen LogP contribution in [0.25, 0.3) is 0 Å². The Hall–Kier alpha value is -2.62. The molecule has 0 saturated heterocycles. The van der Waals surface area contributed by atoms with Crippen LogP contribution in [0.1, 0.15) is 48.9 Å². The molecule has 0 unspecified atom stereocenters. The monoisotopic (exact) mass is 348 g/mol. The number of allylic oxidation sites excluding steroid dienone is 1. The summed E-state index contributed by atoms with van der Waals surface area (Å²) in [7, 11) is 0. The summed E-state index contributed by atoms with van der Waals surface area (Å²) >= 11 is 0. The Kier molecular flexibility index (Phi) is 4.74. The first-order valence-electron chi connectivity index (χ1n) is 9.43. The minimum Gasteiger partial charge on any atom is -0.493 e. The standard InChI is InChI=1S/C22H24N2O2/c1-2-24(22(25)16-6-3-4-7-16)21(19-8-5-12-23-15-19)18-9-10-20-17(14-18)11-13-26-20/h5-6,8-10,12,14-15,21H,2-4,7,11,13H2,1H3/t21-/m0/s1. The highest BCUT2D eigenvalue weighted by atomic mass is 16.5. The highest BCUT2D eigenvalue weighted by molar-refractivity contribution is 5.94. The van der Waals surface area contributed by atoms with Gasteiger partial charge < -0.3 is 9.64 Å². The SMILES string of the molecule is CCN(C(=O)C1=CCCC1)[C@H](c1cccnc1)c1ccc2c(c1)CCO2. The van der Waals surface area contributed by atoms with E-state index in [9.17, 15) is 4.79 Å². The zero-order valence-electron chi connectivity index (χ0n) is 15.1. The average Bonchev–Trinajstić information content (AvgIpc) is 3.37. The number of hydrogen-bond donors (Lipinski definition) is 0. The largest absolute Gasteiger partial charge is 0.493 e. The molecule has 1 aromatic heterocycles. The van der Waals surface area contributed by atoms with Gasteiger partial charge in [0.2, 0.25) is 5.91 Å². The van der Waals surface area contributed by atoms with E-state index >= 15 is 0 Å². The molecule has 26 heavy (non-hydrogen) atoms. The van der Waals surface area contributed by atoms with E-state index in [1.54, 1.807) is 6.20 Å². The summed E-state index contributed by atoms with van der Waals surface area (Å²) < 4.78 is 5.65. The van der Waals surface area contributed by atoms with Gasteiger partial charge in [-0.05, 0) is 61.1 Å². The maximum atomic E-state index is 13.2. The summed E-state index contributed by atoms with van der Waals surface area (Å²) in [5, 5.41) is 0. The predicted octanol–water partition coefficient (Wildman–Crippen LogP) is 4.06. The Morgan fingerprint density at radius 2 is 2.19 bits per heavy atom. The smallest absolute Gasteiger partial charge is 0.250 e. The molecule has 4 heteroatoms. The molecular weight excluding hydrogens is 324 g/mol. The van der Waals surface area contributed by atoms with Crippen LogP contribution >= 0.6 is 0 Å². The number of carbonyl (C=O) groups is 1. The van der Waals surface area contributed by atoms with Gasteiger partial charge in [0, 0.05) is 30.9 Å². The Balaban J connectivity index is 1.76. The topological polar surface area (TPSA) is 42.4 Å². The van der Waals surface area contributed by atoms with Crippen molar-refractivity contribution in [3.63, 3.8) is 0 Å². The molecule has 0 spiro atoms. The fourth-order valence-electron chi connectivity index (χ4n) is 3.96. The fraction of sp³-hybridized carbons (Fsp3) is 0.364. The molecule has 0 fully saturated rings. The van der Waals surface area contributed by atoms with Crippen LogP contribution in [0.2, 0.25) is 0 Å². The van der Waals surface area contributed by atoms with Gasteiger partial charge in [-0.3, -0.25) is 9.78 Å². The zero-order chi connectivity index (χ0) is 17.9. The second-order valence-corrected chi connectivity index (χ2v) is 6.87. The molecule has 134 valence electrons. The number of rotatable bonds is 5. The van der Waals surface area contributed by atoms with Crippen molar-refractivity contribution in [3.8, 4) is 5.75 Å². The maximum Gasteiger partial charge on any atom is 0.250 e. The Morgan fingerprint density at radius 1 is 1.27 bits per heavy atom. The van der Waals surface area contributed by atoms with Crippen molar-refractivity contribution in [3.05, 3.63) is 71.1 Å². The van der Waals surface area contributed by atoms with Crippen molar-refractivity contribution in [1.29, 1.82) is 0 Å². The van der Waals surface area contributed by atoms with Crippen molar-refractivity contribution >= 4 is 5.91 Å². The third-order valence-electron chi connectivity index (χ3n) is 5.26. The van der Waals surface area contributed by atoms with Gasteiger partial charge in [0.15, 0.2) is 0 Å². The lowest BCUT2D eigenvalue weighted by molar-refractivity contribution is -0.128. The van der Waals surface area contributed by atoms with Crippen molar-refractivity contribution in [1.82, 2.24) is 9.88 Å². The zero-order valence-corrected chi connectivity index (χ0v) is 15.1. The third kappa shape index (κ3) is 3.12. The number of ether oxygens (including phenoxy) is 1. The normalized spacial score (nSPS) is 16.6. The first kappa shape index (κ1) is 16.8. The van der Waals surface area contributed by atoms with E-state index in [2.05, 4.69) is 29.3 Å². The molecule has 1 amide bonds. The van der Waals surface area contributed by atoms with E-state index in [0.717, 1.165) is 54.7 Å². The predicted molar refractivity (Wildman–Crippen MR) is 101 cm³/mol. The van der Waals surface area contributed by atoms with Crippen molar-refractivity contribution in [2.24, 2.45) is 0 Å². The van der Waals surface area contributed by atoms with Gasteiger partial charge >= 0.3 is 0 Å². The molecule has 2 heterocycles. The van der Waals surface area contributed by atoms with Gasteiger partial charge in [0.05, 0.1) is 12.6 Å². The summed E-state index contributed by atoms with van der Waals surface area (Å²) in [4.78, 5) is 19.5. The summed E-state index contributed by atoms with van der Waals surface area (Å²) in [5.41, 5.74) is 4.33. The lowest BCUT2D eigenvalue weighted by atomic mass is 9.95. The fourth-order valence-corrected chi connectivity index (χ4v) is 3.96. The van der Waals surface area contributed by atoms with Crippen LogP contribution < -0.4 is 4.74 Å². The molecule has 4 rings (SSSR count). The van der Waals surface area contributed by atoms with Crippen LogP contribution in [-0.2, 0) is 11.2 Å². The molecule has 2 aliphatic rings. The molecule has 1 aliphatic carbocycles. The summed E-state index contributed by atoms with van der Waals surface area (Å²) in [6.07, 6.45) is 9.63. The van der Waals surface area contributed by atoms with Crippen LogP contribution in [0.4, 0.5) is 0 Å². The molecule has 1 atom stereocenters. The number of fused-ring (bicyclic) bond motifs is 1. The van der Waals surface area contributed by atoms with Gasteiger partial charge in [0.1, 0.15) is 5.75 Å². The second-order valence-electron chi connectivity index (χ2n) is 6.87. The highest BCUT2D eigenvalue weighted by Gasteiger charge is 2.29. The van der Waals surface area contributed by atoms with Crippen molar-refractivity contribution in [2.75, 3.05) is 13.2 Å². The van der Waals surface area contributed by atoms with Crippen LogP contribution in [0.5, 0.6) is 5.75 Å². The number of nitrogens with zero attached hydrogens (tertiary/aromatic N) is 2. The number of amides is 1. The lowest BCUT2D eigenvalue weighted by Crippen LogP contribution is -2.36. The van der Waals surface area contributed by atoms with Gasteiger partial charge in [0.25, 0.3) is 0 Å². The third-order valence-corrected chi connectivity index (χ3v) is 5.26. The number of carbonyl (C=O) groups excluding carboxylic acids is 1. The molecule has 0 radical (unpaired) electrons. The van der Waals surface area contributed by atoms with E-state index in [1.165, 1.54) is 5.56 Å². The van der Waals surface area contributed by atoms with E-state index < -0.39 is 0 Å². The number of aromatic nitrogens is 1. The molecule has 1 aromatic carbocycles. The Labute approximate surface area is 154 Å². The number of benzene rings is 1. The van der Waals surface area contributed by atoms with E-state index in [-0.39, 0.29) is 11.9 Å².